The van der Waals surface area contributed by atoms with Crippen molar-refractivity contribution >= 4 is 0 Å². The van der Waals surface area contributed by atoms with E-state index in [9.17, 15) is 13.2 Å². The van der Waals surface area contributed by atoms with E-state index in [1.54, 1.807) is 0 Å². The molecule has 0 bridgehead atoms. The molecule has 0 saturated carbocycles. The molecule has 5 heteroatoms. The summed E-state index contributed by atoms with van der Waals surface area (Å²) in [6.07, 6.45) is -2.92. The van der Waals surface area contributed by atoms with Crippen LogP contribution in [0.5, 0.6) is 0 Å². The van der Waals surface area contributed by atoms with Gasteiger partial charge in [0.05, 0.1) is 5.56 Å². The van der Waals surface area contributed by atoms with Crippen LogP contribution < -0.4 is 5.73 Å². The maximum Gasteiger partial charge on any atom is 0.416 e. The molecule has 0 radical (unpaired) electrons. The zero-order valence-electron chi connectivity index (χ0n) is 10.1. The Morgan fingerprint density at radius 2 is 1.79 bits per heavy atom. The Hall–Kier alpha value is -1.88. The number of hydrogen-bond donors (Lipinski definition) is 1. The van der Waals surface area contributed by atoms with Gasteiger partial charge in [-0.2, -0.15) is 13.2 Å². The Morgan fingerprint density at radius 1 is 1.11 bits per heavy atom. The van der Waals surface area contributed by atoms with Crippen molar-refractivity contribution in [3.8, 4) is 0 Å². The van der Waals surface area contributed by atoms with E-state index in [2.05, 4.69) is 4.98 Å². The second-order valence-corrected chi connectivity index (χ2v) is 4.25. The molecule has 2 aromatic rings. The van der Waals surface area contributed by atoms with Gasteiger partial charge < -0.3 is 5.73 Å². The number of rotatable bonds is 3. The highest BCUT2D eigenvalue weighted by Crippen LogP contribution is 2.29. The lowest BCUT2D eigenvalue weighted by atomic mass is 10.0. The fraction of sp³-hybridized carbons (Fsp3) is 0.214. The van der Waals surface area contributed by atoms with Gasteiger partial charge in [0.1, 0.15) is 0 Å². The molecule has 100 valence electrons. The average molecular weight is 266 g/mol. The quantitative estimate of drug-likeness (QED) is 0.925. The number of aromatic nitrogens is 1. The summed E-state index contributed by atoms with van der Waals surface area (Å²) in [5, 5.41) is 0. The highest BCUT2D eigenvalue weighted by molar-refractivity contribution is 5.23. The highest BCUT2D eigenvalue weighted by atomic mass is 19.4. The third-order valence-corrected chi connectivity index (χ3v) is 2.80. The smallest absolute Gasteiger partial charge is 0.324 e. The molecule has 1 aromatic carbocycles. The van der Waals surface area contributed by atoms with E-state index in [-0.39, 0.29) is 12.5 Å². The van der Waals surface area contributed by atoms with Crippen molar-refractivity contribution in [2.24, 2.45) is 5.73 Å². The van der Waals surface area contributed by atoms with Crippen LogP contribution >= 0.6 is 0 Å². The van der Waals surface area contributed by atoms with Crippen LogP contribution in [0.25, 0.3) is 0 Å². The van der Waals surface area contributed by atoms with Crippen molar-refractivity contribution in [1.82, 2.24) is 4.98 Å². The van der Waals surface area contributed by atoms with Crippen molar-refractivity contribution < 1.29 is 13.2 Å². The maximum absolute atomic E-state index is 12.6. The molecule has 1 unspecified atom stereocenters. The molecular formula is C14H13F3N2. The van der Waals surface area contributed by atoms with Crippen LogP contribution in [-0.2, 0) is 12.6 Å². The first-order chi connectivity index (χ1) is 8.97. The number of hydrogen-bond acceptors (Lipinski definition) is 2. The molecule has 1 aromatic heterocycles. The molecule has 0 spiro atoms. The van der Waals surface area contributed by atoms with E-state index in [1.807, 2.05) is 30.3 Å². The summed E-state index contributed by atoms with van der Waals surface area (Å²) < 4.78 is 37.7. The summed E-state index contributed by atoms with van der Waals surface area (Å²) in [6.45, 7) is 0. The van der Waals surface area contributed by atoms with Crippen LogP contribution in [0.1, 0.15) is 22.9 Å². The van der Waals surface area contributed by atoms with Gasteiger partial charge in [-0.25, -0.2) is 0 Å². The van der Waals surface area contributed by atoms with Gasteiger partial charge in [-0.3, -0.25) is 4.98 Å². The number of halogens is 3. The molecule has 0 aliphatic carbocycles. The molecule has 2 nitrogen and oxygen atoms in total. The van der Waals surface area contributed by atoms with Gasteiger partial charge in [-0.15, -0.1) is 0 Å². The number of nitrogens with two attached hydrogens (primary N) is 1. The summed E-state index contributed by atoms with van der Waals surface area (Å²) in [4.78, 5) is 3.94. The van der Waals surface area contributed by atoms with Gasteiger partial charge in [0.25, 0.3) is 0 Å². The summed E-state index contributed by atoms with van der Waals surface area (Å²) in [6, 6.07) is 10.9. The topological polar surface area (TPSA) is 38.9 Å². The Bertz CT molecular complexity index is 538. The first-order valence-electron chi connectivity index (χ1n) is 5.79. The minimum Gasteiger partial charge on any atom is -0.324 e. The molecular weight excluding hydrogens is 253 g/mol. The lowest BCUT2D eigenvalue weighted by Gasteiger charge is -2.13. The van der Waals surface area contributed by atoms with E-state index in [1.165, 1.54) is 0 Å². The van der Waals surface area contributed by atoms with E-state index >= 15 is 0 Å². The summed E-state index contributed by atoms with van der Waals surface area (Å²) in [5.41, 5.74) is 6.48. The molecule has 0 aliphatic heterocycles. The summed E-state index contributed by atoms with van der Waals surface area (Å²) in [7, 11) is 0. The van der Waals surface area contributed by atoms with Crippen LogP contribution in [0.2, 0.25) is 0 Å². The normalized spacial score (nSPS) is 13.3. The van der Waals surface area contributed by atoms with E-state index in [4.69, 9.17) is 5.73 Å². The van der Waals surface area contributed by atoms with Gasteiger partial charge in [-0.1, -0.05) is 30.3 Å². The van der Waals surface area contributed by atoms with Gasteiger partial charge >= 0.3 is 6.18 Å². The second-order valence-electron chi connectivity index (χ2n) is 4.25. The molecule has 1 atom stereocenters. The van der Waals surface area contributed by atoms with E-state index in [0.29, 0.717) is 5.69 Å². The highest BCUT2D eigenvalue weighted by Gasteiger charge is 2.30. The fourth-order valence-electron chi connectivity index (χ4n) is 1.81. The molecule has 2 N–H and O–H groups in total. The predicted octanol–water partition coefficient (Wildman–Crippen LogP) is 3.34. The number of alkyl halides is 3. The molecule has 0 fully saturated rings. The standard InChI is InChI=1S/C14H13F3N2/c15-14(16,17)11-6-7-19-12(8-11)9-13(18)10-4-2-1-3-5-10/h1-8,13H,9,18H2. The Labute approximate surface area is 109 Å². The first-order valence-corrected chi connectivity index (χ1v) is 5.79. The monoisotopic (exact) mass is 266 g/mol. The van der Waals surface area contributed by atoms with Crippen LogP contribution in [0.4, 0.5) is 13.2 Å². The maximum atomic E-state index is 12.6. The minimum atomic E-state index is -4.35. The molecule has 0 amide bonds. The molecule has 0 saturated heterocycles. The van der Waals surface area contributed by atoms with Gasteiger partial charge in [-0.05, 0) is 17.7 Å². The zero-order valence-corrected chi connectivity index (χ0v) is 10.1. The van der Waals surface area contributed by atoms with Crippen LogP contribution in [0.3, 0.4) is 0 Å². The average Bonchev–Trinajstić information content (AvgIpc) is 2.39. The summed E-state index contributed by atoms with van der Waals surface area (Å²) >= 11 is 0. The van der Waals surface area contributed by atoms with E-state index < -0.39 is 11.7 Å². The first kappa shape index (κ1) is 13.5. The van der Waals surface area contributed by atoms with Gasteiger partial charge in [0.15, 0.2) is 0 Å². The minimum absolute atomic E-state index is 0.272. The van der Waals surface area contributed by atoms with Crippen molar-refractivity contribution in [1.29, 1.82) is 0 Å². The van der Waals surface area contributed by atoms with Crippen molar-refractivity contribution in [3.05, 3.63) is 65.5 Å². The molecule has 2 rings (SSSR count). The van der Waals surface area contributed by atoms with Crippen LogP contribution in [-0.4, -0.2) is 4.98 Å². The largest absolute Gasteiger partial charge is 0.416 e. The number of benzene rings is 1. The van der Waals surface area contributed by atoms with Crippen molar-refractivity contribution in [2.75, 3.05) is 0 Å². The second kappa shape index (κ2) is 5.40. The lowest BCUT2D eigenvalue weighted by Crippen LogP contribution is -2.15. The number of nitrogens with zero attached hydrogens (tertiary/aromatic N) is 1. The zero-order chi connectivity index (χ0) is 13.9. The van der Waals surface area contributed by atoms with Crippen LogP contribution in [0.15, 0.2) is 48.7 Å². The molecule has 19 heavy (non-hydrogen) atoms. The Morgan fingerprint density at radius 3 is 2.42 bits per heavy atom. The molecule has 0 aliphatic rings. The third-order valence-electron chi connectivity index (χ3n) is 2.80. The third kappa shape index (κ3) is 3.54. The van der Waals surface area contributed by atoms with Crippen LogP contribution in [0, 0.1) is 0 Å². The van der Waals surface area contributed by atoms with E-state index in [0.717, 1.165) is 23.9 Å². The predicted molar refractivity (Wildman–Crippen MR) is 66.3 cm³/mol. The van der Waals surface area contributed by atoms with Crippen molar-refractivity contribution in [3.63, 3.8) is 0 Å². The lowest BCUT2D eigenvalue weighted by molar-refractivity contribution is -0.137. The Kier molecular flexibility index (Phi) is 3.85. The molecule has 1 heterocycles. The fourth-order valence-corrected chi connectivity index (χ4v) is 1.81. The number of pyridine rings is 1. The Balaban J connectivity index is 2.16. The SMILES string of the molecule is NC(Cc1cc(C(F)(F)F)ccn1)c1ccccc1. The summed E-state index contributed by atoms with van der Waals surface area (Å²) in [5.74, 6) is 0. The van der Waals surface area contributed by atoms with Gasteiger partial charge in [0.2, 0.25) is 0 Å². The van der Waals surface area contributed by atoms with Crippen molar-refractivity contribution in [2.45, 2.75) is 18.6 Å². The van der Waals surface area contributed by atoms with Gasteiger partial charge in [0, 0.05) is 24.4 Å².